The number of hydrogen-bond acceptors (Lipinski definition) is 11. The van der Waals surface area contributed by atoms with Gasteiger partial charge in [-0.05, 0) is 50.2 Å². The third kappa shape index (κ3) is 7.28. The Morgan fingerprint density at radius 1 is 0.696 bits per heavy atom. The predicted molar refractivity (Wildman–Crippen MR) is 176 cm³/mol. The van der Waals surface area contributed by atoms with Crippen molar-refractivity contribution in [3.63, 3.8) is 0 Å². The molecule has 0 aliphatic heterocycles. The molecule has 1 N–H and O–H groups in total. The summed E-state index contributed by atoms with van der Waals surface area (Å²) in [5, 5.41) is 16.2. The number of hydrogen-bond donors (Lipinski definition) is 1. The SMILES string of the molecule is COc1ccc(CNc2c(C)c(C)nc(N(Cc3ccc(OC)cc3OC)Cc3ccc(OC)cc3OC)c2[N+](=O)[O-])c(OC)c1. The first-order valence-corrected chi connectivity index (χ1v) is 14.4. The van der Waals surface area contributed by atoms with Crippen molar-refractivity contribution in [1.29, 1.82) is 0 Å². The lowest BCUT2D eigenvalue weighted by atomic mass is 10.1. The molecule has 0 aliphatic rings. The zero-order valence-electron chi connectivity index (χ0n) is 27.4. The number of rotatable bonds is 15. The third-order valence-electron chi connectivity index (χ3n) is 7.78. The minimum atomic E-state index is -0.397. The smallest absolute Gasteiger partial charge is 0.334 e. The minimum absolute atomic E-state index is 0.157. The molecule has 0 saturated carbocycles. The molecular formula is C34H40N4O8. The number of nitrogens with zero attached hydrogens (tertiary/aromatic N) is 3. The van der Waals surface area contributed by atoms with Crippen LogP contribution in [-0.2, 0) is 19.6 Å². The molecule has 4 rings (SSSR count). The summed E-state index contributed by atoms with van der Waals surface area (Å²) in [5.74, 6) is 3.82. The molecule has 0 spiro atoms. The lowest BCUT2D eigenvalue weighted by Gasteiger charge is -2.27. The minimum Gasteiger partial charge on any atom is -0.497 e. The topological polar surface area (TPSA) is 127 Å². The predicted octanol–water partition coefficient (Wildman–Crippen LogP) is 6.48. The molecule has 46 heavy (non-hydrogen) atoms. The van der Waals surface area contributed by atoms with E-state index in [4.69, 9.17) is 33.4 Å². The molecule has 4 aromatic rings. The molecule has 12 heteroatoms. The Hall–Kier alpha value is -5.39. The average molecular weight is 633 g/mol. The van der Waals surface area contributed by atoms with Gasteiger partial charge >= 0.3 is 5.69 Å². The maximum absolute atomic E-state index is 12.9. The fourth-order valence-electron chi connectivity index (χ4n) is 5.14. The van der Waals surface area contributed by atoms with Crippen molar-refractivity contribution in [2.45, 2.75) is 33.5 Å². The van der Waals surface area contributed by atoms with E-state index >= 15 is 0 Å². The van der Waals surface area contributed by atoms with Crippen molar-refractivity contribution < 1.29 is 33.3 Å². The first-order valence-electron chi connectivity index (χ1n) is 14.4. The van der Waals surface area contributed by atoms with Gasteiger partial charge in [-0.25, -0.2) is 4.98 Å². The molecule has 0 unspecified atom stereocenters. The number of ether oxygens (including phenoxy) is 6. The van der Waals surface area contributed by atoms with Crippen LogP contribution in [0.2, 0.25) is 0 Å². The van der Waals surface area contributed by atoms with Gasteiger partial charge in [-0.1, -0.05) is 0 Å². The second kappa shape index (κ2) is 15.1. The normalized spacial score (nSPS) is 10.6. The van der Waals surface area contributed by atoms with Gasteiger partial charge in [-0.15, -0.1) is 0 Å². The van der Waals surface area contributed by atoms with E-state index in [2.05, 4.69) is 5.32 Å². The standard InChI is InChI=1S/C34H40N4O8/c1-21-22(2)36-34(33(38(39)40)32(21)35-18-23-9-12-26(41-3)15-29(23)44-6)37(19-24-10-13-27(42-4)16-30(24)45-7)20-25-11-14-28(43-5)17-31(25)46-8/h9-17H,18-20H2,1-8H3,(H,35,36). The first kappa shape index (κ1) is 33.5. The molecular weight excluding hydrogens is 592 g/mol. The monoisotopic (exact) mass is 632 g/mol. The van der Waals surface area contributed by atoms with E-state index in [9.17, 15) is 10.1 Å². The molecule has 0 aliphatic carbocycles. The fourth-order valence-corrected chi connectivity index (χ4v) is 5.14. The van der Waals surface area contributed by atoms with E-state index in [0.29, 0.717) is 51.4 Å². The van der Waals surface area contributed by atoms with Gasteiger partial charge in [-0.3, -0.25) is 10.1 Å². The number of benzene rings is 3. The Morgan fingerprint density at radius 2 is 1.13 bits per heavy atom. The van der Waals surface area contributed by atoms with Crippen molar-refractivity contribution in [3.05, 3.63) is 92.7 Å². The summed E-state index contributed by atoms with van der Waals surface area (Å²) in [7, 11) is 9.45. The maximum atomic E-state index is 12.9. The van der Waals surface area contributed by atoms with Crippen molar-refractivity contribution in [2.24, 2.45) is 0 Å². The van der Waals surface area contributed by atoms with Crippen molar-refractivity contribution >= 4 is 17.2 Å². The van der Waals surface area contributed by atoms with E-state index in [1.54, 1.807) is 60.9 Å². The maximum Gasteiger partial charge on any atom is 0.334 e. The Labute approximate surface area is 268 Å². The molecule has 1 aromatic heterocycles. The second-order valence-corrected chi connectivity index (χ2v) is 10.4. The van der Waals surface area contributed by atoms with E-state index in [-0.39, 0.29) is 31.1 Å². The number of pyridine rings is 1. The molecule has 0 bridgehead atoms. The zero-order chi connectivity index (χ0) is 33.4. The van der Waals surface area contributed by atoms with E-state index in [0.717, 1.165) is 16.7 Å². The lowest BCUT2D eigenvalue weighted by molar-refractivity contribution is -0.383. The quantitative estimate of drug-likeness (QED) is 0.114. The van der Waals surface area contributed by atoms with Crippen LogP contribution in [0.4, 0.5) is 17.2 Å². The van der Waals surface area contributed by atoms with Crippen LogP contribution in [0.15, 0.2) is 54.6 Å². The summed E-state index contributed by atoms with van der Waals surface area (Å²) >= 11 is 0. The van der Waals surface area contributed by atoms with Gasteiger partial charge in [0, 0.05) is 65.8 Å². The fraction of sp³-hybridized carbons (Fsp3) is 0.324. The summed E-state index contributed by atoms with van der Waals surface area (Å²) in [6, 6.07) is 16.4. The first-order chi connectivity index (χ1) is 22.2. The van der Waals surface area contributed by atoms with Gasteiger partial charge in [0.1, 0.15) is 40.2 Å². The van der Waals surface area contributed by atoms with Gasteiger partial charge in [0.15, 0.2) is 0 Å². The Balaban J connectivity index is 1.86. The Bertz CT molecular complexity index is 1640. The van der Waals surface area contributed by atoms with Crippen LogP contribution >= 0.6 is 0 Å². The average Bonchev–Trinajstić information content (AvgIpc) is 3.08. The van der Waals surface area contributed by atoms with Crippen molar-refractivity contribution in [3.8, 4) is 34.5 Å². The van der Waals surface area contributed by atoms with Gasteiger partial charge in [0.05, 0.1) is 47.6 Å². The number of aromatic nitrogens is 1. The van der Waals surface area contributed by atoms with Crippen LogP contribution in [0, 0.1) is 24.0 Å². The van der Waals surface area contributed by atoms with Gasteiger partial charge in [-0.2, -0.15) is 0 Å². The van der Waals surface area contributed by atoms with Crippen LogP contribution < -0.4 is 38.6 Å². The zero-order valence-corrected chi connectivity index (χ0v) is 27.4. The van der Waals surface area contributed by atoms with Crippen LogP contribution in [0.1, 0.15) is 27.9 Å². The highest BCUT2D eigenvalue weighted by Gasteiger charge is 2.30. The molecule has 244 valence electrons. The lowest BCUT2D eigenvalue weighted by Crippen LogP contribution is -2.26. The van der Waals surface area contributed by atoms with Gasteiger partial charge in [0.2, 0.25) is 5.82 Å². The highest BCUT2D eigenvalue weighted by molar-refractivity contribution is 5.78. The number of aryl methyl sites for hydroxylation is 1. The molecule has 0 atom stereocenters. The van der Waals surface area contributed by atoms with Crippen molar-refractivity contribution in [1.82, 2.24) is 4.98 Å². The van der Waals surface area contributed by atoms with Crippen LogP contribution in [0.5, 0.6) is 34.5 Å². The molecule has 0 radical (unpaired) electrons. The summed E-state index contributed by atoms with van der Waals surface area (Å²) < 4.78 is 33.0. The second-order valence-electron chi connectivity index (χ2n) is 10.4. The molecule has 12 nitrogen and oxygen atoms in total. The summed E-state index contributed by atoms with van der Waals surface area (Å²) in [6.45, 7) is 4.36. The summed E-state index contributed by atoms with van der Waals surface area (Å²) in [5.41, 5.74) is 3.86. The summed E-state index contributed by atoms with van der Waals surface area (Å²) in [4.78, 5) is 19.2. The molecule has 0 amide bonds. The third-order valence-corrected chi connectivity index (χ3v) is 7.78. The Morgan fingerprint density at radius 3 is 1.54 bits per heavy atom. The molecule has 0 saturated heterocycles. The van der Waals surface area contributed by atoms with Crippen molar-refractivity contribution in [2.75, 3.05) is 52.9 Å². The number of nitrogens with one attached hydrogen (secondary N) is 1. The number of methoxy groups -OCH3 is 6. The highest BCUT2D eigenvalue weighted by atomic mass is 16.6. The van der Waals surface area contributed by atoms with Crippen LogP contribution in [-0.4, -0.2) is 52.6 Å². The molecule has 0 fully saturated rings. The largest absolute Gasteiger partial charge is 0.497 e. The van der Waals surface area contributed by atoms with Crippen LogP contribution in [0.25, 0.3) is 0 Å². The van der Waals surface area contributed by atoms with Crippen LogP contribution in [0.3, 0.4) is 0 Å². The molecule has 1 heterocycles. The van der Waals surface area contributed by atoms with Gasteiger partial charge < -0.3 is 38.6 Å². The molecule has 3 aromatic carbocycles. The number of nitro groups is 1. The van der Waals surface area contributed by atoms with Gasteiger partial charge in [0.25, 0.3) is 0 Å². The van der Waals surface area contributed by atoms with E-state index in [1.807, 2.05) is 55.1 Å². The number of anilines is 2. The Kier molecular flexibility index (Phi) is 11.0. The van der Waals surface area contributed by atoms with E-state index in [1.165, 1.54) is 0 Å². The highest BCUT2D eigenvalue weighted by Crippen LogP contribution is 2.41. The summed E-state index contributed by atoms with van der Waals surface area (Å²) in [6.07, 6.45) is 0. The van der Waals surface area contributed by atoms with E-state index < -0.39 is 4.92 Å².